The van der Waals surface area contributed by atoms with E-state index in [1.807, 2.05) is 6.92 Å². The molecule has 0 radical (unpaired) electrons. The number of piperidine rings is 1. The molecular formula is C19H24F2N2O2. The molecule has 1 aliphatic heterocycles. The molecule has 0 bridgehead atoms. The van der Waals surface area contributed by atoms with E-state index in [0.717, 1.165) is 31.4 Å². The highest BCUT2D eigenvalue weighted by molar-refractivity contribution is 5.94. The summed E-state index contributed by atoms with van der Waals surface area (Å²) < 4.78 is 26.7. The average molecular weight is 350 g/mol. The highest BCUT2D eigenvalue weighted by atomic mass is 19.1. The monoisotopic (exact) mass is 350 g/mol. The Bertz CT molecular complexity index is 679. The molecule has 2 amide bonds. The van der Waals surface area contributed by atoms with Crippen LogP contribution in [0.2, 0.25) is 0 Å². The molecule has 0 spiro atoms. The molecular weight excluding hydrogens is 326 g/mol. The predicted molar refractivity (Wildman–Crippen MR) is 89.8 cm³/mol. The van der Waals surface area contributed by atoms with E-state index in [1.54, 1.807) is 0 Å². The van der Waals surface area contributed by atoms with Crippen LogP contribution in [-0.2, 0) is 4.79 Å². The number of amides is 2. The molecule has 25 heavy (non-hydrogen) atoms. The van der Waals surface area contributed by atoms with Gasteiger partial charge in [-0.3, -0.25) is 9.59 Å². The van der Waals surface area contributed by atoms with E-state index in [4.69, 9.17) is 0 Å². The molecule has 136 valence electrons. The van der Waals surface area contributed by atoms with E-state index in [2.05, 4.69) is 17.6 Å². The van der Waals surface area contributed by atoms with Crippen molar-refractivity contribution in [3.05, 3.63) is 35.4 Å². The van der Waals surface area contributed by atoms with Crippen molar-refractivity contribution in [3.63, 3.8) is 0 Å². The lowest BCUT2D eigenvalue weighted by molar-refractivity contribution is -0.133. The van der Waals surface area contributed by atoms with Gasteiger partial charge < -0.3 is 10.6 Å². The van der Waals surface area contributed by atoms with E-state index in [9.17, 15) is 18.4 Å². The van der Waals surface area contributed by atoms with Gasteiger partial charge in [-0.05, 0) is 49.7 Å². The summed E-state index contributed by atoms with van der Waals surface area (Å²) in [6.45, 7) is 4.17. The van der Waals surface area contributed by atoms with Crippen LogP contribution in [0.1, 0.15) is 49.9 Å². The fourth-order valence-corrected chi connectivity index (χ4v) is 4.44. The summed E-state index contributed by atoms with van der Waals surface area (Å²) in [6.07, 6.45) is 3.19. The van der Waals surface area contributed by atoms with Crippen LogP contribution in [-0.4, -0.2) is 23.9 Å². The minimum Gasteiger partial charge on any atom is -0.353 e. The Morgan fingerprint density at radius 3 is 2.76 bits per heavy atom. The summed E-state index contributed by atoms with van der Waals surface area (Å²) >= 11 is 0. The molecule has 1 heterocycles. The summed E-state index contributed by atoms with van der Waals surface area (Å²) in [5.74, 6) is -1.22. The zero-order chi connectivity index (χ0) is 18.1. The van der Waals surface area contributed by atoms with Crippen molar-refractivity contribution in [1.82, 2.24) is 10.6 Å². The highest BCUT2D eigenvalue weighted by Crippen LogP contribution is 2.38. The van der Waals surface area contributed by atoms with Crippen molar-refractivity contribution in [2.75, 3.05) is 0 Å². The number of nitrogens with one attached hydrogen (secondary N) is 2. The molecule has 1 aliphatic carbocycles. The maximum absolute atomic E-state index is 13.8. The number of benzene rings is 1. The van der Waals surface area contributed by atoms with Crippen LogP contribution in [0.15, 0.2) is 18.2 Å². The van der Waals surface area contributed by atoms with Crippen LogP contribution in [0.4, 0.5) is 8.78 Å². The maximum Gasteiger partial charge on any atom is 0.254 e. The highest BCUT2D eigenvalue weighted by Gasteiger charge is 2.43. The van der Waals surface area contributed by atoms with Crippen molar-refractivity contribution in [2.24, 2.45) is 17.8 Å². The molecule has 5 atom stereocenters. The Hall–Kier alpha value is -1.98. The van der Waals surface area contributed by atoms with Gasteiger partial charge in [0.15, 0.2) is 0 Å². The van der Waals surface area contributed by atoms with Crippen molar-refractivity contribution in [3.8, 4) is 0 Å². The second kappa shape index (κ2) is 7.10. The van der Waals surface area contributed by atoms with E-state index < -0.39 is 17.5 Å². The van der Waals surface area contributed by atoms with Gasteiger partial charge in [-0.15, -0.1) is 0 Å². The number of halogens is 2. The molecule has 1 aromatic carbocycles. The Labute approximate surface area is 146 Å². The maximum atomic E-state index is 13.8. The van der Waals surface area contributed by atoms with E-state index >= 15 is 0 Å². The summed E-state index contributed by atoms with van der Waals surface area (Å²) in [7, 11) is 0. The Morgan fingerprint density at radius 2 is 2.08 bits per heavy atom. The number of hydrogen-bond acceptors (Lipinski definition) is 2. The predicted octanol–water partition coefficient (Wildman–Crippen LogP) is 3.02. The topological polar surface area (TPSA) is 58.2 Å². The molecule has 0 aromatic heterocycles. The van der Waals surface area contributed by atoms with Gasteiger partial charge in [0, 0.05) is 24.1 Å². The first kappa shape index (κ1) is 17.8. The molecule has 6 heteroatoms. The molecule has 4 nitrogen and oxygen atoms in total. The molecule has 5 unspecified atom stereocenters. The lowest BCUT2D eigenvalue weighted by Crippen LogP contribution is -2.58. The van der Waals surface area contributed by atoms with E-state index in [-0.39, 0.29) is 29.5 Å². The Morgan fingerprint density at radius 1 is 1.32 bits per heavy atom. The lowest BCUT2D eigenvalue weighted by Gasteiger charge is -2.46. The van der Waals surface area contributed by atoms with Crippen LogP contribution in [0.3, 0.4) is 0 Å². The number of carbonyl (C=O) groups excluding carboxylic acids is 2. The van der Waals surface area contributed by atoms with Gasteiger partial charge in [-0.2, -0.15) is 0 Å². The first-order valence-electron chi connectivity index (χ1n) is 8.97. The van der Waals surface area contributed by atoms with Gasteiger partial charge in [0.05, 0.1) is 5.56 Å². The number of carbonyl (C=O) groups is 2. The fourth-order valence-electron chi connectivity index (χ4n) is 4.44. The van der Waals surface area contributed by atoms with Crippen LogP contribution in [0, 0.1) is 29.4 Å². The van der Waals surface area contributed by atoms with Crippen LogP contribution in [0.5, 0.6) is 0 Å². The standard InChI is InChI=1S/C19H24F2N2O2/c1-3-13-10(2)14-7-5-12(9-17(14)23-18(13)24)22-19(25)15-6-4-11(20)8-16(15)21/h4,6,8,10,12-14,17H,3,5,7,9H2,1-2H3,(H,22,25)(H,23,24). The first-order valence-corrected chi connectivity index (χ1v) is 8.97. The molecule has 2 aliphatic rings. The van der Waals surface area contributed by atoms with Gasteiger partial charge in [-0.1, -0.05) is 13.8 Å². The second-order valence-electron chi connectivity index (χ2n) is 7.26. The quantitative estimate of drug-likeness (QED) is 0.880. The summed E-state index contributed by atoms with van der Waals surface area (Å²) in [5, 5.41) is 5.93. The minimum absolute atomic E-state index is 0.0439. The average Bonchev–Trinajstić information content (AvgIpc) is 2.54. The summed E-state index contributed by atoms with van der Waals surface area (Å²) in [4.78, 5) is 24.5. The first-order chi connectivity index (χ1) is 11.9. The van der Waals surface area contributed by atoms with Crippen LogP contribution in [0.25, 0.3) is 0 Å². The van der Waals surface area contributed by atoms with Gasteiger partial charge in [0.2, 0.25) is 5.91 Å². The molecule has 1 saturated carbocycles. The number of hydrogen-bond donors (Lipinski definition) is 2. The van der Waals surface area contributed by atoms with Crippen molar-refractivity contribution >= 4 is 11.8 Å². The third-order valence-corrected chi connectivity index (χ3v) is 5.83. The zero-order valence-electron chi connectivity index (χ0n) is 14.5. The van der Waals surface area contributed by atoms with Gasteiger partial charge in [0.1, 0.15) is 11.6 Å². The second-order valence-corrected chi connectivity index (χ2v) is 7.26. The van der Waals surface area contributed by atoms with E-state index in [0.29, 0.717) is 24.3 Å². The van der Waals surface area contributed by atoms with Crippen molar-refractivity contribution in [1.29, 1.82) is 0 Å². The lowest BCUT2D eigenvalue weighted by atomic mass is 9.67. The third-order valence-electron chi connectivity index (χ3n) is 5.83. The Kier molecular flexibility index (Phi) is 5.06. The molecule has 3 rings (SSSR count). The van der Waals surface area contributed by atoms with Gasteiger partial charge >= 0.3 is 0 Å². The fraction of sp³-hybridized carbons (Fsp3) is 0.579. The van der Waals surface area contributed by atoms with Crippen molar-refractivity contribution in [2.45, 2.75) is 51.6 Å². The van der Waals surface area contributed by atoms with Gasteiger partial charge in [0.25, 0.3) is 5.91 Å². The van der Waals surface area contributed by atoms with E-state index in [1.165, 1.54) is 0 Å². The van der Waals surface area contributed by atoms with Crippen molar-refractivity contribution < 1.29 is 18.4 Å². The molecule has 1 aromatic rings. The smallest absolute Gasteiger partial charge is 0.254 e. The molecule has 2 fully saturated rings. The molecule has 2 N–H and O–H groups in total. The van der Waals surface area contributed by atoms with Gasteiger partial charge in [-0.25, -0.2) is 8.78 Å². The summed E-state index contributed by atoms with van der Waals surface area (Å²) in [5.41, 5.74) is -0.157. The van der Waals surface area contributed by atoms with Crippen LogP contribution < -0.4 is 10.6 Å². The number of rotatable bonds is 3. The normalized spacial score (nSPS) is 31.8. The zero-order valence-corrected chi connectivity index (χ0v) is 14.5. The Balaban J connectivity index is 1.65. The van der Waals surface area contributed by atoms with Crippen LogP contribution >= 0.6 is 0 Å². The SMILES string of the molecule is CCC1C(=O)NC2CC(NC(=O)c3ccc(F)cc3F)CCC2C1C. The molecule has 1 saturated heterocycles. The number of fused-ring (bicyclic) bond motifs is 1. The summed E-state index contributed by atoms with van der Waals surface area (Å²) in [6, 6.07) is 2.86. The minimum atomic E-state index is -0.864. The third kappa shape index (κ3) is 3.53. The largest absolute Gasteiger partial charge is 0.353 e.